The molecule has 0 aliphatic rings. The van der Waals surface area contributed by atoms with Crippen molar-refractivity contribution < 1.29 is 19.1 Å². The van der Waals surface area contributed by atoms with Gasteiger partial charge in [-0.2, -0.15) is 5.26 Å². The van der Waals surface area contributed by atoms with Crippen LogP contribution in [0, 0.1) is 11.3 Å². The van der Waals surface area contributed by atoms with Crippen molar-refractivity contribution in [2.75, 3.05) is 10.6 Å². The third-order valence-electron chi connectivity index (χ3n) is 3.32. The van der Waals surface area contributed by atoms with Gasteiger partial charge >= 0.3 is 12.0 Å². The number of nitrogens with two attached hydrogens (primary N) is 1. The Kier molecular flexibility index (Phi) is 5.90. The molecule has 0 fully saturated rings. The maximum absolute atomic E-state index is 12.1. The molecule has 0 saturated carbocycles. The van der Waals surface area contributed by atoms with Gasteiger partial charge in [0.15, 0.2) is 6.10 Å². The van der Waals surface area contributed by atoms with Crippen LogP contribution in [0.5, 0.6) is 0 Å². The van der Waals surface area contributed by atoms with Crippen LogP contribution in [0.3, 0.4) is 0 Å². The fourth-order valence-electron chi connectivity index (χ4n) is 1.99. The topological polar surface area (TPSA) is 134 Å². The van der Waals surface area contributed by atoms with Crippen molar-refractivity contribution in [2.45, 2.75) is 13.0 Å². The lowest BCUT2D eigenvalue weighted by Gasteiger charge is -2.14. The summed E-state index contributed by atoms with van der Waals surface area (Å²) in [7, 11) is 0. The van der Waals surface area contributed by atoms with Crippen molar-refractivity contribution in [3.8, 4) is 6.07 Å². The number of urea groups is 1. The number of carbonyl (C=O) groups excluding carboxylic acids is 3. The fourth-order valence-corrected chi connectivity index (χ4v) is 1.99. The van der Waals surface area contributed by atoms with Gasteiger partial charge in [0.25, 0.3) is 5.91 Å². The van der Waals surface area contributed by atoms with Gasteiger partial charge in [-0.25, -0.2) is 9.59 Å². The van der Waals surface area contributed by atoms with Gasteiger partial charge in [0.2, 0.25) is 0 Å². The molecule has 26 heavy (non-hydrogen) atoms. The zero-order chi connectivity index (χ0) is 19.1. The Bertz CT molecular complexity index is 854. The van der Waals surface area contributed by atoms with Gasteiger partial charge in [-0.15, -0.1) is 0 Å². The van der Waals surface area contributed by atoms with Crippen LogP contribution in [-0.2, 0) is 9.53 Å². The van der Waals surface area contributed by atoms with E-state index in [9.17, 15) is 14.4 Å². The van der Waals surface area contributed by atoms with Gasteiger partial charge in [-0.1, -0.05) is 0 Å². The Balaban J connectivity index is 1.93. The van der Waals surface area contributed by atoms with Crippen molar-refractivity contribution >= 4 is 29.3 Å². The summed E-state index contributed by atoms with van der Waals surface area (Å²) in [5, 5.41) is 13.7. The molecule has 8 heteroatoms. The highest BCUT2D eigenvalue weighted by molar-refractivity contribution is 5.97. The Morgan fingerprint density at radius 3 is 2.08 bits per heavy atom. The molecule has 0 saturated heterocycles. The number of amides is 3. The van der Waals surface area contributed by atoms with Crippen LogP contribution in [0.15, 0.2) is 48.5 Å². The minimum absolute atomic E-state index is 0.220. The van der Waals surface area contributed by atoms with Crippen molar-refractivity contribution in [3.05, 3.63) is 59.7 Å². The van der Waals surface area contributed by atoms with E-state index in [4.69, 9.17) is 15.7 Å². The highest BCUT2D eigenvalue weighted by Gasteiger charge is 2.19. The van der Waals surface area contributed by atoms with Gasteiger partial charge in [0.1, 0.15) is 0 Å². The minimum Gasteiger partial charge on any atom is -0.449 e. The van der Waals surface area contributed by atoms with Gasteiger partial charge in [-0.05, 0) is 55.5 Å². The highest BCUT2D eigenvalue weighted by atomic mass is 16.5. The van der Waals surface area contributed by atoms with E-state index in [0.29, 0.717) is 16.9 Å². The summed E-state index contributed by atoms with van der Waals surface area (Å²) in [6, 6.07) is 13.4. The van der Waals surface area contributed by atoms with Crippen LogP contribution >= 0.6 is 0 Å². The van der Waals surface area contributed by atoms with Crippen molar-refractivity contribution in [2.24, 2.45) is 5.73 Å². The number of rotatable bonds is 5. The molecule has 0 unspecified atom stereocenters. The second-order valence-corrected chi connectivity index (χ2v) is 5.29. The molecule has 132 valence electrons. The number of nitrogens with one attached hydrogen (secondary N) is 2. The summed E-state index contributed by atoms with van der Waals surface area (Å²) < 4.78 is 5.12. The molecule has 0 aliphatic heterocycles. The number of primary amides is 1. The second kappa shape index (κ2) is 8.30. The quantitative estimate of drug-likeness (QED) is 0.709. The Morgan fingerprint density at radius 2 is 1.54 bits per heavy atom. The summed E-state index contributed by atoms with van der Waals surface area (Å²) in [4.78, 5) is 34.9. The van der Waals surface area contributed by atoms with Crippen LogP contribution < -0.4 is 16.4 Å². The normalized spacial score (nSPS) is 10.9. The average Bonchev–Trinajstić information content (AvgIpc) is 2.62. The lowest BCUT2D eigenvalue weighted by molar-refractivity contribution is -0.123. The maximum atomic E-state index is 12.1. The first kappa shape index (κ1) is 18.5. The Labute approximate surface area is 149 Å². The number of carbonyl (C=O) groups is 3. The Hall–Kier alpha value is -3.86. The van der Waals surface area contributed by atoms with Gasteiger partial charge in [-0.3, -0.25) is 4.79 Å². The summed E-state index contributed by atoms with van der Waals surface area (Å²) in [6.07, 6.45) is -1.03. The number of nitriles is 1. The molecular weight excluding hydrogens is 336 g/mol. The number of benzene rings is 2. The fraction of sp³-hybridized carbons (Fsp3) is 0.111. The van der Waals surface area contributed by atoms with E-state index in [0.717, 1.165) is 0 Å². The van der Waals surface area contributed by atoms with E-state index in [1.165, 1.54) is 31.2 Å². The molecule has 0 radical (unpaired) electrons. The Morgan fingerprint density at radius 1 is 1.00 bits per heavy atom. The predicted octanol–water partition coefficient (Wildman–Crippen LogP) is 2.23. The van der Waals surface area contributed by atoms with Crippen LogP contribution in [0.2, 0.25) is 0 Å². The molecule has 2 aromatic rings. The molecule has 0 aliphatic carbocycles. The summed E-state index contributed by atoms with van der Waals surface area (Å²) in [5.74, 6) is -1.19. The highest BCUT2D eigenvalue weighted by Crippen LogP contribution is 2.13. The van der Waals surface area contributed by atoms with E-state index in [-0.39, 0.29) is 5.56 Å². The largest absolute Gasteiger partial charge is 0.449 e. The molecule has 3 amide bonds. The summed E-state index contributed by atoms with van der Waals surface area (Å²) in [6.45, 7) is 1.44. The molecule has 1 atom stereocenters. The molecular formula is C18H16N4O4. The van der Waals surface area contributed by atoms with E-state index >= 15 is 0 Å². The van der Waals surface area contributed by atoms with E-state index in [2.05, 4.69) is 10.6 Å². The van der Waals surface area contributed by atoms with Crippen LogP contribution in [0.1, 0.15) is 22.8 Å². The first-order chi connectivity index (χ1) is 12.4. The molecule has 0 aromatic heterocycles. The van der Waals surface area contributed by atoms with E-state index < -0.39 is 24.0 Å². The number of ether oxygens (including phenoxy) is 1. The number of anilines is 2. The average molecular weight is 352 g/mol. The molecule has 0 bridgehead atoms. The first-order valence-corrected chi connectivity index (χ1v) is 7.57. The van der Waals surface area contributed by atoms with E-state index in [1.54, 1.807) is 24.3 Å². The first-order valence-electron chi connectivity index (χ1n) is 7.57. The van der Waals surface area contributed by atoms with Crippen LogP contribution in [0.4, 0.5) is 16.2 Å². The number of hydrogen-bond donors (Lipinski definition) is 3. The zero-order valence-electron chi connectivity index (χ0n) is 13.9. The summed E-state index contributed by atoms with van der Waals surface area (Å²) >= 11 is 0. The van der Waals surface area contributed by atoms with Crippen LogP contribution in [0.25, 0.3) is 0 Å². The number of hydrogen-bond acceptors (Lipinski definition) is 5. The van der Waals surface area contributed by atoms with Crippen molar-refractivity contribution in [3.63, 3.8) is 0 Å². The van der Waals surface area contributed by atoms with E-state index in [1.807, 2.05) is 6.07 Å². The number of nitrogens with zero attached hydrogens (tertiary/aromatic N) is 1. The van der Waals surface area contributed by atoms with Crippen LogP contribution in [-0.4, -0.2) is 24.0 Å². The molecule has 2 aromatic carbocycles. The maximum Gasteiger partial charge on any atom is 0.338 e. The van der Waals surface area contributed by atoms with Gasteiger partial charge in [0, 0.05) is 11.4 Å². The van der Waals surface area contributed by atoms with Gasteiger partial charge < -0.3 is 21.1 Å². The predicted molar refractivity (Wildman–Crippen MR) is 94.3 cm³/mol. The molecule has 8 nitrogen and oxygen atoms in total. The molecule has 2 rings (SSSR count). The molecule has 0 heterocycles. The SMILES string of the molecule is C[C@@H](OC(=O)c1ccc(NC(N)=O)cc1)C(=O)Nc1ccc(C#N)cc1. The minimum atomic E-state index is -1.03. The summed E-state index contributed by atoms with van der Waals surface area (Å²) in [5.41, 5.74) is 6.60. The lowest BCUT2D eigenvalue weighted by atomic mass is 10.2. The molecule has 4 N–H and O–H groups in total. The van der Waals surface area contributed by atoms with Crippen molar-refractivity contribution in [1.82, 2.24) is 0 Å². The third-order valence-corrected chi connectivity index (χ3v) is 3.32. The monoisotopic (exact) mass is 352 g/mol. The third kappa shape index (κ3) is 5.07. The lowest BCUT2D eigenvalue weighted by Crippen LogP contribution is -2.30. The number of esters is 1. The van der Waals surface area contributed by atoms with Gasteiger partial charge in [0.05, 0.1) is 17.2 Å². The van der Waals surface area contributed by atoms with Crippen molar-refractivity contribution in [1.29, 1.82) is 5.26 Å². The second-order valence-electron chi connectivity index (χ2n) is 5.29. The smallest absolute Gasteiger partial charge is 0.338 e. The molecule has 0 spiro atoms. The standard InChI is InChI=1S/C18H16N4O4/c1-11(16(23)21-14-6-2-12(10-19)3-7-14)26-17(24)13-4-8-15(9-5-13)22-18(20)25/h2-9,11H,1H3,(H,21,23)(H3,20,22,25)/t11-/m1/s1. The zero-order valence-corrected chi connectivity index (χ0v) is 13.9.